The van der Waals surface area contributed by atoms with Crippen LogP contribution in [0.4, 0.5) is 0 Å². The highest BCUT2D eigenvalue weighted by molar-refractivity contribution is 8.06. The van der Waals surface area contributed by atoms with Crippen LogP contribution in [0.3, 0.4) is 0 Å². The Kier molecular flexibility index (Phi) is 5.68. The molecular weight excluding hydrogens is 226 g/mol. The third-order valence-corrected chi connectivity index (χ3v) is 5.75. The van der Waals surface area contributed by atoms with Crippen LogP contribution in [0.1, 0.15) is 19.3 Å². The highest BCUT2D eigenvalue weighted by Crippen LogP contribution is 2.23. The van der Waals surface area contributed by atoms with E-state index < -0.39 is 0 Å². The maximum absolute atomic E-state index is 5.69. The van der Waals surface area contributed by atoms with Crippen LogP contribution in [0.5, 0.6) is 0 Å². The van der Waals surface area contributed by atoms with Crippen LogP contribution in [-0.2, 0) is 4.74 Å². The van der Waals surface area contributed by atoms with Crippen molar-refractivity contribution in [1.29, 1.82) is 0 Å². The minimum atomic E-state index is 0.486. The van der Waals surface area contributed by atoms with Crippen molar-refractivity contribution in [1.82, 2.24) is 5.32 Å². The predicted octanol–water partition coefficient (Wildman–Crippen LogP) is 1.99. The monoisotopic (exact) mass is 247 g/mol. The van der Waals surface area contributed by atoms with E-state index in [1.54, 1.807) is 0 Å². The lowest BCUT2D eigenvalue weighted by Crippen LogP contribution is -2.36. The minimum absolute atomic E-state index is 0.486. The molecule has 2 aliphatic heterocycles. The molecule has 2 aliphatic rings. The van der Waals surface area contributed by atoms with Crippen molar-refractivity contribution in [2.45, 2.75) is 30.6 Å². The number of thioether (sulfide) groups is 2. The van der Waals surface area contributed by atoms with E-state index in [-0.39, 0.29) is 0 Å². The van der Waals surface area contributed by atoms with Crippen LogP contribution in [0, 0.1) is 0 Å². The highest BCUT2D eigenvalue weighted by Gasteiger charge is 2.16. The molecule has 0 radical (unpaired) electrons. The van der Waals surface area contributed by atoms with Crippen molar-refractivity contribution < 1.29 is 4.74 Å². The summed E-state index contributed by atoms with van der Waals surface area (Å²) < 4.78 is 5.69. The largest absolute Gasteiger partial charge is 0.377 e. The number of nitrogens with one attached hydrogen (secondary N) is 1. The van der Waals surface area contributed by atoms with Gasteiger partial charge in [0.2, 0.25) is 0 Å². The fraction of sp³-hybridized carbons (Fsp3) is 1.00. The van der Waals surface area contributed by atoms with E-state index in [1.807, 2.05) is 0 Å². The number of hydrogen-bond acceptors (Lipinski definition) is 4. The zero-order valence-corrected chi connectivity index (χ0v) is 10.9. The minimum Gasteiger partial charge on any atom is -0.377 e. The van der Waals surface area contributed by atoms with Gasteiger partial charge < -0.3 is 10.1 Å². The van der Waals surface area contributed by atoms with Gasteiger partial charge in [-0.05, 0) is 19.3 Å². The summed E-state index contributed by atoms with van der Waals surface area (Å²) in [5.41, 5.74) is 0. The van der Waals surface area contributed by atoms with Crippen molar-refractivity contribution in [3.8, 4) is 0 Å². The molecule has 2 fully saturated rings. The van der Waals surface area contributed by atoms with Crippen molar-refractivity contribution in [2.75, 3.05) is 37.0 Å². The summed E-state index contributed by atoms with van der Waals surface area (Å²) in [7, 11) is 0. The Morgan fingerprint density at radius 2 is 2.20 bits per heavy atom. The first-order valence-corrected chi connectivity index (χ1v) is 8.17. The summed E-state index contributed by atoms with van der Waals surface area (Å²) in [6.45, 7) is 3.19. The Bertz CT molecular complexity index is 150. The average Bonchev–Trinajstić information content (AvgIpc) is 2.32. The Morgan fingerprint density at radius 3 is 2.93 bits per heavy atom. The molecule has 1 N–H and O–H groups in total. The Labute approximate surface area is 101 Å². The third-order valence-electron chi connectivity index (χ3n) is 2.90. The van der Waals surface area contributed by atoms with E-state index in [4.69, 9.17) is 4.74 Å². The van der Waals surface area contributed by atoms with Crippen molar-refractivity contribution in [3.63, 3.8) is 0 Å². The van der Waals surface area contributed by atoms with Crippen LogP contribution in [0.15, 0.2) is 0 Å². The van der Waals surface area contributed by atoms with E-state index in [9.17, 15) is 0 Å². The van der Waals surface area contributed by atoms with Gasteiger partial charge in [0.25, 0.3) is 0 Å². The Hall–Kier alpha value is 0.620. The first-order valence-electron chi connectivity index (χ1n) is 5.97. The van der Waals surface area contributed by atoms with Crippen molar-refractivity contribution in [3.05, 3.63) is 0 Å². The van der Waals surface area contributed by atoms with E-state index >= 15 is 0 Å². The van der Waals surface area contributed by atoms with Gasteiger partial charge in [0, 0.05) is 42.2 Å². The van der Waals surface area contributed by atoms with Crippen LogP contribution in [0.2, 0.25) is 0 Å². The van der Waals surface area contributed by atoms with Crippen LogP contribution >= 0.6 is 23.5 Å². The van der Waals surface area contributed by atoms with Gasteiger partial charge in [-0.15, -0.1) is 0 Å². The molecule has 4 heteroatoms. The second kappa shape index (κ2) is 7.05. The molecular formula is C11H21NOS2. The number of rotatable bonds is 4. The van der Waals surface area contributed by atoms with Gasteiger partial charge in [0.15, 0.2) is 0 Å². The molecule has 0 aromatic carbocycles. The van der Waals surface area contributed by atoms with Crippen molar-refractivity contribution in [2.24, 2.45) is 0 Å². The second-order valence-electron chi connectivity index (χ2n) is 4.21. The smallest absolute Gasteiger partial charge is 0.0699 e. The quantitative estimate of drug-likeness (QED) is 0.820. The fourth-order valence-corrected chi connectivity index (χ4v) is 4.67. The van der Waals surface area contributed by atoms with Gasteiger partial charge >= 0.3 is 0 Å². The molecule has 0 aromatic rings. The van der Waals surface area contributed by atoms with E-state index in [0.717, 1.165) is 24.9 Å². The summed E-state index contributed by atoms with van der Waals surface area (Å²) >= 11 is 4.22. The maximum Gasteiger partial charge on any atom is 0.0699 e. The van der Waals surface area contributed by atoms with Gasteiger partial charge in [-0.3, -0.25) is 0 Å². The van der Waals surface area contributed by atoms with Gasteiger partial charge in [0.05, 0.1) is 6.10 Å². The van der Waals surface area contributed by atoms with Crippen molar-refractivity contribution >= 4 is 23.5 Å². The molecule has 15 heavy (non-hydrogen) atoms. The normalized spacial score (nSPS) is 32.8. The topological polar surface area (TPSA) is 21.3 Å². The van der Waals surface area contributed by atoms with Crippen LogP contribution < -0.4 is 5.32 Å². The van der Waals surface area contributed by atoms with Crippen LogP contribution in [-0.4, -0.2) is 48.3 Å². The molecule has 2 nitrogen and oxygen atoms in total. The fourth-order valence-electron chi connectivity index (χ4n) is 2.03. The average molecular weight is 247 g/mol. The van der Waals surface area contributed by atoms with Gasteiger partial charge in [-0.2, -0.15) is 23.5 Å². The molecule has 0 amide bonds. The lowest BCUT2D eigenvalue weighted by molar-refractivity contribution is 0.0171. The molecule has 2 unspecified atom stereocenters. The molecule has 0 bridgehead atoms. The molecule has 88 valence electrons. The third kappa shape index (κ3) is 4.55. The molecule has 2 heterocycles. The first kappa shape index (κ1) is 12.1. The van der Waals surface area contributed by atoms with E-state index in [1.165, 1.54) is 36.5 Å². The van der Waals surface area contributed by atoms with Gasteiger partial charge in [-0.1, -0.05) is 0 Å². The lowest BCUT2D eigenvalue weighted by Gasteiger charge is -2.25. The number of hydrogen-bond donors (Lipinski definition) is 1. The summed E-state index contributed by atoms with van der Waals surface area (Å²) in [5, 5.41) is 4.39. The highest BCUT2D eigenvalue weighted by atomic mass is 32.2. The molecule has 0 aromatic heterocycles. The first-order chi connectivity index (χ1) is 7.45. The Balaban J connectivity index is 1.53. The van der Waals surface area contributed by atoms with Crippen LogP contribution in [0.25, 0.3) is 0 Å². The van der Waals surface area contributed by atoms with E-state index in [2.05, 4.69) is 28.8 Å². The predicted molar refractivity (Wildman–Crippen MR) is 70.0 cm³/mol. The Morgan fingerprint density at radius 1 is 1.20 bits per heavy atom. The van der Waals surface area contributed by atoms with Gasteiger partial charge in [-0.25, -0.2) is 0 Å². The molecule has 2 saturated heterocycles. The molecule has 2 rings (SSSR count). The summed E-state index contributed by atoms with van der Waals surface area (Å²) in [6, 6.07) is 0. The molecule has 0 spiro atoms. The van der Waals surface area contributed by atoms with Gasteiger partial charge in [0.1, 0.15) is 0 Å². The standard InChI is InChI=1S/C11H21NOS2/c1-2-4-13-10(3-1)7-12-8-11-9-14-5-6-15-11/h10-12H,1-9H2. The summed E-state index contributed by atoms with van der Waals surface area (Å²) in [4.78, 5) is 0. The van der Waals surface area contributed by atoms with E-state index in [0.29, 0.717) is 6.10 Å². The zero-order chi connectivity index (χ0) is 10.3. The summed E-state index contributed by atoms with van der Waals surface area (Å²) in [5.74, 6) is 3.99. The molecule has 0 aliphatic carbocycles. The second-order valence-corrected chi connectivity index (χ2v) is 6.77. The maximum atomic E-state index is 5.69. The molecule has 2 atom stereocenters. The lowest BCUT2D eigenvalue weighted by atomic mass is 10.1. The molecule has 0 saturated carbocycles. The SMILES string of the molecule is C1CCC(CNCC2CSCCS2)OC1. The summed E-state index contributed by atoms with van der Waals surface area (Å²) in [6.07, 6.45) is 4.34. The number of ether oxygens (including phenoxy) is 1. The zero-order valence-electron chi connectivity index (χ0n) is 9.24.